The lowest BCUT2D eigenvalue weighted by Gasteiger charge is -2.09. The van der Waals surface area contributed by atoms with Crippen LogP contribution >= 0.6 is 11.6 Å². The highest BCUT2D eigenvalue weighted by Gasteiger charge is 2.15. The van der Waals surface area contributed by atoms with Gasteiger partial charge >= 0.3 is 11.9 Å². The molecule has 0 fully saturated rings. The molecule has 2 aromatic rings. The first-order valence-corrected chi connectivity index (χ1v) is 8.37. The second kappa shape index (κ2) is 9.47. The number of nitro benzene ring substituents is 1. The lowest BCUT2D eigenvalue weighted by atomic mass is 10.2. The van der Waals surface area contributed by atoms with Gasteiger partial charge in [0.15, 0.2) is 6.61 Å². The fourth-order valence-electron chi connectivity index (χ4n) is 2.10. The second-order valence-electron chi connectivity index (χ2n) is 5.34. The first-order chi connectivity index (χ1) is 13.3. The molecule has 0 saturated heterocycles. The van der Waals surface area contributed by atoms with Gasteiger partial charge in [0.1, 0.15) is 0 Å². The van der Waals surface area contributed by atoms with Crippen LogP contribution in [0, 0.1) is 10.1 Å². The highest BCUT2D eigenvalue weighted by molar-refractivity contribution is 6.33. The molecule has 0 bridgehead atoms. The van der Waals surface area contributed by atoms with E-state index in [0.29, 0.717) is 0 Å². The molecule has 0 radical (unpaired) electrons. The maximum Gasteiger partial charge on any atom is 0.339 e. The first-order valence-electron chi connectivity index (χ1n) is 8.00. The summed E-state index contributed by atoms with van der Waals surface area (Å²) in [4.78, 5) is 45.7. The number of nitrogens with one attached hydrogen (secondary N) is 1. The Bertz CT molecular complexity index is 913. The average molecular weight is 407 g/mol. The second-order valence-corrected chi connectivity index (χ2v) is 5.75. The van der Waals surface area contributed by atoms with Crippen LogP contribution < -0.4 is 5.32 Å². The fourth-order valence-corrected chi connectivity index (χ4v) is 2.29. The number of rotatable bonds is 7. The van der Waals surface area contributed by atoms with Crippen molar-refractivity contribution >= 4 is 40.8 Å². The standard InChI is InChI=1S/C18H15ClN2O7/c1-2-27-18(24)14-9-12(5-8-15(14)19)20-16(22)10-28-17(23)11-3-6-13(7-4-11)21(25)26/h3-9H,2,10H2,1H3,(H,20,22). The number of anilines is 1. The Morgan fingerprint density at radius 3 is 2.36 bits per heavy atom. The Morgan fingerprint density at radius 2 is 1.75 bits per heavy atom. The summed E-state index contributed by atoms with van der Waals surface area (Å²) >= 11 is 5.94. The Kier molecular flexibility index (Phi) is 7.05. The Balaban J connectivity index is 1.95. The molecule has 0 aromatic heterocycles. The zero-order valence-electron chi connectivity index (χ0n) is 14.6. The molecule has 0 aliphatic rings. The third-order valence-electron chi connectivity index (χ3n) is 3.39. The van der Waals surface area contributed by atoms with Crippen molar-refractivity contribution in [2.24, 2.45) is 0 Å². The van der Waals surface area contributed by atoms with Gasteiger partial charge in [-0.3, -0.25) is 14.9 Å². The highest BCUT2D eigenvalue weighted by atomic mass is 35.5. The molecule has 1 N–H and O–H groups in total. The molecular formula is C18H15ClN2O7. The summed E-state index contributed by atoms with van der Waals surface area (Å²) in [5.74, 6) is -2.09. The van der Waals surface area contributed by atoms with Gasteiger partial charge in [0.2, 0.25) is 0 Å². The summed E-state index contributed by atoms with van der Waals surface area (Å²) in [6.45, 7) is 1.23. The molecule has 9 nitrogen and oxygen atoms in total. The zero-order valence-corrected chi connectivity index (χ0v) is 15.4. The minimum atomic E-state index is -0.812. The summed E-state index contributed by atoms with van der Waals surface area (Å²) in [5, 5.41) is 13.2. The van der Waals surface area contributed by atoms with E-state index in [2.05, 4.69) is 5.32 Å². The predicted octanol–water partition coefficient (Wildman–Crippen LogP) is 3.22. The SMILES string of the molecule is CCOC(=O)c1cc(NC(=O)COC(=O)c2ccc([N+](=O)[O-])cc2)ccc1Cl. The van der Waals surface area contributed by atoms with Crippen molar-refractivity contribution in [3.63, 3.8) is 0 Å². The molecular weight excluding hydrogens is 392 g/mol. The number of hydrogen-bond donors (Lipinski definition) is 1. The third kappa shape index (κ3) is 5.52. The number of hydrogen-bond acceptors (Lipinski definition) is 7. The number of amides is 1. The van der Waals surface area contributed by atoms with Crippen molar-refractivity contribution in [1.29, 1.82) is 0 Å². The van der Waals surface area contributed by atoms with Crippen molar-refractivity contribution in [3.8, 4) is 0 Å². The quantitative estimate of drug-likeness (QED) is 0.425. The van der Waals surface area contributed by atoms with Gasteiger partial charge in [-0.15, -0.1) is 0 Å². The monoisotopic (exact) mass is 406 g/mol. The zero-order chi connectivity index (χ0) is 20.7. The molecule has 0 aliphatic carbocycles. The molecule has 0 atom stereocenters. The molecule has 1 amide bonds. The summed E-state index contributed by atoms with van der Waals surface area (Å²) in [6, 6.07) is 9.00. The van der Waals surface area contributed by atoms with Crippen LogP contribution in [0.15, 0.2) is 42.5 Å². The average Bonchev–Trinajstić information content (AvgIpc) is 2.67. The van der Waals surface area contributed by atoms with Gasteiger partial charge in [-0.1, -0.05) is 11.6 Å². The third-order valence-corrected chi connectivity index (χ3v) is 3.72. The summed E-state index contributed by atoms with van der Waals surface area (Å²) in [6.07, 6.45) is 0. The number of halogens is 1. The van der Waals surface area contributed by atoms with Gasteiger partial charge < -0.3 is 14.8 Å². The van der Waals surface area contributed by atoms with Crippen molar-refractivity contribution < 1.29 is 28.8 Å². The van der Waals surface area contributed by atoms with E-state index >= 15 is 0 Å². The minimum Gasteiger partial charge on any atom is -0.462 e. The highest BCUT2D eigenvalue weighted by Crippen LogP contribution is 2.21. The molecule has 2 rings (SSSR count). The molecule has 0 aliphatic heterocycles. The van der Waals surface area contributed by atoms with Crippen molar-refractivity contribution in [3.05, 3.63) is 68.7 Å². The Labute approximate surface area is 164 Å². The maximum atomic E-state index is 12.0. The van der Waals surface area contributed by atoms with Crippen LogP contribution in [-0.2, 0) is 14.3 Å². The summed E-state index contributed by atoms with van der Waals surface area (Å²) < 4.78 is 9.74. The number of carbonyl (C=O) groups is 3. The van der Waals surface area contributed by atoms with Crippen LogP contribution in [0.2, 0.25) is 5.02 Å². The van der Waals surface area contributed by atoms with E-state index in [0.717, 1.165) is 12.1 Å². The van der Waals surface area contributed by atoms with E-state index < -0.39 is 29.4 Å². The van der Waals surface area contributed by atoms with Crippen LogP contribution in [0.4, 0.5) is 11.4 Å². The molecule has 0 spiro atoms. The fraction of sp³-hybridized carbons (Fsp3) is 0.167. The Hall–Kier alpha value is -3.46. The van der Waals surface area contributed by atoms with Gasteiger partial charge in [0.25, 0.3) is 11.6 Å². The maximum absolute atomic E-state index is 12.0. The lowest BCUT2D eigenvalue weighted by Crippen LogP contribution is -2.21. The first kappa shape index (κ1) is 20.8. The molecule has 146 valence electrons. The lowest BCUT2D eigenvalue weighted by molar-refractivity contribution is -0.384. The van der Waals surface area contributed by atoms with Crippen molar-refractivity contribution in [2.45, 2.75) is 6.92 Å². The molecule has 0 unspecified atom stereocenters. The van der Waals surface area contributed by atoms with E-state index in [9.17, 15) is 24.5 Å². The number of nitrogens with zero attached hydrogens (tertiary/aromatic N) is 1. The van der Waals surface area contributed by atoms with Crippen LogP contribution in [0.25, 0.3) is 0 Å². The smallest absolute Gasteiger partial charge is 0.339 e. The molecule has 28 heavy (non-hydrogen) atoms. The number of esters is 2. The van der Waals surface area contributed by atoms with Crippen LogP contribution in [0.3, 0.4) is 0 Å². The van der Waals surface area contributed by atoms with E-state index in [1.807, 2.05) is 0 Å². The number of carbonyl (C=O) groups excluding carboxylic acids is 3. The van der Waals surface area contributed by atoms with E-state index in [-0.39, 0.29) is 34.1 Å². The number of ether oxygens (including phenoxy) is 2. The van der Waals surface area contributed by atoms with E-state index in [4.69, 9.17) is 21.1 Å². The van der Waals surface area contributed by atoms with Crippen LogP contribution in [0.5, 0.6) is 0 Å². The van der Waals surface area contributed by atoms with Gasteiger partial charge in [-0.05, 0) is 37.3 Å². The number of nitro groups is 1. The van der Waals surface area contributed by atoms with Gasteiger partial charge in [-0.2, -0.15) is 0 Å². The van der Waals surface area contributed by atoms with Crippen molar-refractivity contribution in [2.75, 3.05) is 18.5 Å². The molecule has 10 heteroatoms. The largest absolute Gasteiger partial charge is 0.462 e. The summed E-state index contributed by atoms with van der Waals surface area (Å²) in [7, 11) is 0. The normalized spacial score (nSPS) is 10.1. The van der Waals surface area contributed by atoms with Gasteiger partial charge in [0, 0.05) is 17.8 Å². The van der Waals surface area contributed by atoms with Crippen molar-refractivity contribution in [1.82, 2.24) is 0 Å². The van der Waals surface area contributed by atoms with Gasteiger partial charge in [0.05, 0.1) is 27.7 Å². The van der Waals surface area contributed by atoms with E-state index in [1.165, 1.54) is 30.3 Å². The topological polar surface area (TPSA) is 125 Å². The van der Waals surface area contributed by atoms with Crippen LogP contribution in [-0.4, -0.2) is 36.0 Å². The van der Waals surface area contributed by atoms with Gasteiger partial charge in [-0.25, -0.2) is 9.59 Å². The summed E-state index contributed by atoms with van der Waals surface area (Å²) in [5.41, 5.74) is 0.247. The minimum absolute atomic E-state index is 0.0643. The molecule has 2 aromatic carbocycles. The molecule has 0 heterocycles. The predicted molar refractivity (Wildman–Crippen MR) is 99.4 cm³/mol. The number of non-ortho nitro benzene ring substituents is 1. The number of benzene rings is 2. The van der Waals surface area contributed by atoms with E-state index in [1.54, 1.807) is 6.92 Å². The molecule has 0 saturated carbocycles. The van der Waals surface area contributed by atoms with Crippen LogP contribution in [0.1, 0.15) is 27.6 Å². The Morgan fingerprint density at radius 1 is 1.07 bits per heavy atom.